The van der Waals surface area contributed by atoms with Gasteiger partial charge in [0.15, 0.2) is 0 Å². The lowest BCUT2D eigenvalue weighted by Gasteiger charge is -2.08. The Morgan fingerprint density at radius 1 is 1.30 bits per heavy atom. The first kappa shape index (κ1) is 14.3. The molecule has 20 heavy (non-hydrogen) atoms. The van der Waals surface area contributed by atoms with Crippen molar-refractivity contribution in [3.05, 3.63) is 53.6 Å². The Kier molecular flexibility index (Phi) is 4.90. The Morgan fingerprint density at radius 2 is 2.00 bits per heavy atom. The van der Waals surface area contributed by atoms with Crippen molar-refractivity contribution in [2.75, 3.05) is 0 Å². The maximum Gasteiger partial charge on any atom is 0.238 e. The van der Waals surface area contributed by atoms with Crippen LogP contribution in [-0.2, 0) is 24.2 Å². The van der Waals surface area contributed by atoms with Crippen LogP contribution in [0.3, 0.4) is 0 Å². The molecule has 0 saturated heterocycles. The number of aryl methyl sites for hydroxylation is 1. The number of imidazole rings is 1. The molecule has 1 aromatic heterocycles. The number of nitrogens with one attached hydrogen (secondary N) is 1. The van der Waals surface area contributed by atoms with Crippen LogP contribution in [0.5, 0.6) is 0 Å². The van der Waals surface area contributed by atoms with Crippen molar-refractivity contribution >= 4 is 5.91 Å². The van der Waals surface area contributed by atoms with Gasteiger partial charge in [-0.15, -0.1) is 0 Å². The highest BCUT2D eigenvalue weighted by Crippen LogP contribution is 2.09. The van der Waals surface area contributed by atoms with Crippen molar-refractivity contribution in [3.8, 4) is 0 Å². The summed E-state index contributed by atoms with van der Waals surface area (Å²) in [6.07, 6.45) is 6.22. The van der Waals surface area contributed by atoms with Gasteiger partial charge in [0.2, 0.25) is 5.91 Å². The van der Waals surface area contributed by atoms with Crippen LogP contribution in [0.4, 0.5) is 0 Å². The number of benzene rings is 1. The average Bonchev–Trinajstić information content (AvgIpc) is 2.88. The Bertz CT molecular complexity index is 560. The highest BCUT2D eigenvalue weighted by molar-refractivity contribution is 5.77. The molecule has 5 heteroatoms. The fraction of sp³-hybridized carbons (Fsp3) is 0.333. The van der Waals surface area contributed by atoms with Crippen molar-refractivity contribution in [2.45, 2.75) is 32.7 Å². The molecule has 0 spiro atoms. The summed E-state index contributed by atoms with van der Waals surface area (Å²) in [5.74, 6) is 6.00. The molecule has 1 aromatic carbocycles. The van der Waals surface area contributed by atoms with Gasteiger partial charge in [-0.05, 0) is 17.5 Å². The number of hydrogen-bond donors (Lipinski definition) is 2. The lowest BCUT2D eigenvalue weighted by atomic mass is 10.1. The van der Waals surface area contributed by atoms with Gasteiger partial charge in [-0.3, -0.25) is 10.2 Å². The van der Waals surface area contributed by atoms with E-state index in [-0.39, 0.29) is 5.91 Å². The van der Waals surface area contributed by atoms with E-state index < -0.39 is 0 Å². The summed E-state index contributed by atoms with van der Waals surface area (Å²) in [5.41, 5.74) is 4.28. The number of nitrogens with two attached hydrogens (primary N) is 1. The maximum absolute atomic E-state index is 11.2. The number of aromatic nitrogens is 2. The Balaban J connectivity index is 2.03. The number of rotatable bonds is 6. The highest BCUT2D eigenvalue weighted by Gasteiger charge is 2.04. The number of nitrogens with zero attached hydrogens (tertiary/aromatic N) is 2. The summed E-state index contributed by atoms with van der Waals surface area (Å²) in [7, 11) is 0. The Hall–Kier alpha value is -2.14. The standard InChI is InChI=1S/C15H20N4O/c1-2-3-14-17-8-9-19(14)11-13-6-4-12(5-7-13)10-15(20)18-16/h4-9H,2-3,10-11,16H2,1H3,(H,18,20). The fourth-order valence-electron chi connectivity index (χ4n) is 2.13. The molecule has 0 fully saturated rings. The molecule has 1 heterocycles. The first-order valence-corrected chi connectivity index (χ1v) is 6.80. The zero-order chi connectivity index (χ0) is 14.4. The molecule has 3 N–H and O–H groups in total. The topological polar surface area (TPSA) is 72.9 Å². The van der Waals surface area contributed by atoms with Crippen molar-refractivity contribution in [1.29, 1.82) is 0 Å². The predicted molar refractivity (Wildman–Crippen MR) is 77.8 cm³/mol. The van der Waals surface area contributed by atoms with Gasteiger partial charge >= 0.3 is 0 Å². The van der Waals surface area contributed by atoms with E-state index in [2.05, 4.69) is 21.9 Å². The molecule has 0 aliphatic rings. The zero-order valence-electron chi connectivity index (χ0n) is 11.7. The van der Waals surface area contributed by atoms with Gasteiger partial charge in [-0.1, -0.05) is 31.2 Å². The number of hydrogen-bond acceptors (Lipinski definition) is 3. The summed E-state index contributed by atoms with van der Waals surface area (Å²) in [5, 5.41) is 0. The van der Waals surface area contributed by atoms with E-state index >= 15 is 0 Å². The van der Waals surface area contributed by atoms with Crippen LogP contribution in [-0.4, -0.2) is 15.5 Å². The largest absolute Gasteiger partial charge is 0.331 e. The molecule has 2 rings (SSSR count). The first-order valence-electron chi connectivity index (χ1n) is 6.80. The second-order valence-electron chi connectivity index (χ2n) is 4.78. The van der Waals surface area contributed by atoms with Crippen LogP contribution in [0.25, 0.3) is 0 Å². The molecular weight excluding hydrogens is 252 g/mol. The second kappa shape index (κ2) is 6.86. The van der Waals surface area contributed by atoms with Crippen LogP contribution in [0.2, 0.25) is 0 Å². The van der Waals surface area contributed by atoms with Crippen molar-refractivity contribution in [3.63, 3.8) is 0 Å². The molecule has 1 amide bonds. The summed E-state index contributed by atoms with van der Waals surface area (Å²) in [6, 6.07) is 7.99. The molecular formula is C15H20N4O. The Labute approximate surface area is 118 Å². The van der Waals surface area contributed by atoms with Crippen LogP contribution in [0, 0.1) is 0 Å². The molecule has 2 aromatic rings. The minimum atomic E-state index is -0.183. The first-order chi connectivity index (χ1) is 9.72. The zero-order valence-corrected chi connectivity index (χ0v) is 11.7. The van der Waals surface area contributed by atoms with E-state index in [1.165, 1.54) is 5.56 Å². The number of carbonyl (C=O) groups is 1. The van der Waals surface area contributed by atoms with E-state index in [1.807, 2.05) is 36.7 Å². The molecule has 0 radical (unpaired) electrons. The van der Waals surface area contributed by atoms with Gasteiger partial charge in [0.05, 0.1) is 6.42 Å². The summed E-state index contributed by atoms with van der Waals surface area (Å²) < 4.78 is 2.16. The molecule has 0 aliphatic carbocycles. The van der Waals surface area contributed by atoms with Crippen LogP contribution in [0.1, 0.15) is 30.3 Å². The molecule has 0 bridgehead atoms. The van der Waals surface area contributed by atoms with E-state index in [9.17, 15) is 4.79 Å². The predicted octanol–water partition coefficient (Wildman–Crippen LogP) is 1.42. The second-order valence-corrected chi connectivity index (χ2v) is 4.78. The Morgan fingerprint density at radius 3 is 2.65 bits per heavy atom. The minimum absolute atomic E-state index is 0.183. The third kappa shape index (κ3) is 3.68. The number of hydrazine groups is 1. The van der Waals surface area contributed by atoms with Crippen LogP contribution in [0.15, 0.2) is 36.7 Å². The van der Waals surface area contributed by atoms with Gasteiger partial charge in [0.1, 0.15) is 5.82 Å². The van der Waals surface area contributed by atoms with Gasteiger partial charge in [-0.25, -0.2) is 10.8 Å². The van der Waals surface area contributed by atoms with Crippen molar-refractivity contribution in [1.82, 2.24) is 15.0 Å². The third-order valence-corrected chi connectivity index (χ3v) is 3.18. The fourth-order valence-corrected chi connectivity index (χ4v) is 2.13. The average molecular weight is 272 g/mol. The molecule has 0 unspecified atom stereocenters. The molecule has 5 nitrogen and oxygen atoms in total. The molecule has 0 saturated carbocycles. The summed E-state index contributed by atoms with van der Waals surface area (Å²) in [6.45, 7) is 2.95. The smallest absolute Gasteiger partial charge is 0.238 e. The molecule has 106 valence electrons. The third-order valence-electron chi connectivity index (χ3n) is 3.18. The minimum Gasteiger partial charge on any atom is -0.331 e. The van der Waals surface area contributed by atoms with E-state index in [1.54, 1.807) is 0 Å². The summed E-state index contributed by atoms with van der Waals surface area (Å²) in [4.78, 5) is 15.6. The number of carbonyl (C=O) groups excluding carboxylic acids is 1. The van der Waals surface area contributed by atoms with Crippen molar-refractivity contribution in [2.24, 2.45) is 5.84 Å². The van der Waals surface area contributed by atoms with E-state index in [0.717, 1.165) is 30.8 Å². The van der Waals surface area contributed by atoms with Gasteiger partial charge in [0, 0.05) is 25.4 Å². The quantitative estimate of drug-likeness (QED) is 0.474. The van der Waals surface area contributed by atoms with Gasteiger partial charge in [0.25, 0.3) is 0 Å². The maximum atomic E-state index is 11.2. The lowest BCUT2D eigenvalue weighted by molar-refractivity contribution is -0.120. The van der Waals surface area contributed by atoms with Crippen LogP contribution >= 0.6 is 0 Å². The lowest BCUT2D eigenvalue weighted by Crippen LogP contribution is -2.31. The van der Waals surface area contributed by atoms with Gasteiger partial charge in [-0.2, -0.15) is 0 Å². The number of amides is 1. The van der Waals surface area contributed by atoms with Gasteiger partial charge < -0.3 is 4.57 Å². The van der Waals surface area contributed by atoms with Crippen molar-refractivity contribution < 1.29 is 4.79 Å². The highest BCUT2D eigenvalue weighted by atomic mass is 16.2. The van der Waals surface area contributed by atoms with Crippen LogP contribution < -0.4 is 11.3 Å². The van der Waals surface area contributed by atoms with E-state index in [4.69, 9.17) is 5.84 Å². The molecule has 0 aliphatic heterocycles. The summed E-state index contributed by atoms with van der Waals surface area (Å²) >= 11 is 0. The monoisotopic (exact) mass is 272 g/mol. The molecule has 0 atom stereocenters. The van der Waals surface area contributed by atoms with E-state index in [0.29, 0.717) is 6.42 Å². The SMILES string of the molecule is CCCc1nccn1Cc1ccc(CC(=O)NN)cc1. The normalized spacial score (nSPS) is 10.5.